The molecule has 0 aliphatic rings. The first-order valence-electron chi connectivity index (χ1n) is 4.83. The van der Waals surface area contributed by atoms with Gasteiger partial charge in [-0.25, -0.2) is 4.79 Å². The molecule has 1 aromatic carbocycles. The van der Waals surface area contributed by atoms with Crippen LogP contribution < -0.4 is 5.32 Å². The maximum atomic E-state index is 11.1. The lowest BCUT2D eigenvalue weighted by atomic mass is 10.2. The van der Waals surface area contributed by atoms with Crippen LogP contribution in [0, 0.1) is 0 Å². The number of rotatable bonds is 5. The van der Waals surface area contributed by atoms with E-state index in [0.717, 1.165) is 5.69 Å². The highest BCUT2D eigenvalue weighted by molar-refractivity contribution is 6.18. The van der Waals surface area contributed by atoms with Crippen molar-refractivity contribution in [2.75, 3.05) is 24.9 Å². The first-order valence-corrected chi connectivity index (χ1v) is 5.37. The zero-order valence-corrected chi connectivity index (χ0v) is 9.70. The Labute approximate surface area is 99.2 Å². The van der Waals surface area contributed by atoms with Crippen molar-refractivity contribution in [3.05, 3.63) is 29.8 Å². The van der Waals surface area contributed by atoms with E-state index in [1.165, 1.54) is 7.11 Å². The lowest BCUT2D eigenvalue weighted by Gasteiger charge is -2.10. The molecule has 0 aliphatic carbocycles. The lowest BCUT2D eigenvalue weighted by Crippen LogP contribution is -2.20. The van der Waals surface area contributed by atoms with E-state index in [9.17, 15) is 9.90 Å². The normalized spacial score (nSPS) is 11.9. The van der Waals surface area contributed by atoms with Crippen molar-refractivity contribution < 1.29 is 14.6 Å². The van der Waals surface area contributed by atoms with Crippen LogP contribution in [0.2, 0.25) is 0 Å². The average molecular weight is 244 g/mol. The highest BCUT2D eigenvalue weighted by atomic mass is 35.5. The molecule has 0 saturated heterocycles. The molecule has 88 valence electrons. The fourth-order valence-corrected chi connectivity index (χ4v) is 1.24. The number of ether oxygens (including phenoxy) is 1. The van der Waals surface area contributed by atoms with Crippen LogP contribution >= 0.6 is 11.6 Å². The van der Waals surface area contributed by atoms with E-state index in [1.54, 1.807) is 24.3 Å². The number of aliphatic hydroxyl groups excluding tert-OH is 1. The summed E-state index contributed by atoms with van der Waals surface area (Å²) in [6.45, 7) is 0.376. The van der Waals surface area contributed by atoms with Gasteiger partial charge in [0.05, 0.1) is 24.7 Å². The first-order chi connectivity index (χ1) is 7.67. The number of halogens is 1. The monoisotopic (exact) mass is 243 g/mol. The summed E-state index contributed by atoms with van der Waals surface area (Å²) in [5.74, 6) is -0.180. The molecule has 0 fully saturated rings. The van der Waals surface area contributed by atoms with Crippen LogP contribution in [-0.2, 0) is 4.74 Å². The van der Waals surface area contributed by atoms with Crippen LogP contribution in [0.5, 0.6) is 0 Å². The molecule has 0 saturated carbocycles. The van der Waals surface area contributed by atoms with Gasteiger partial charge in [-0.05, 0) is 24.3 Å². The van der Waals surface area contributed by atoms with Gasteiger partial charge in [0.25, 0.3) is 0 Å². The predicted molar refractivity (Wildman–Crippen MR) is 63.0 cm³/mol. The minimum absolute atomic E-state index is 0.188. The smallest absolute Gasteiger partial charge is 0.337 e. The number of hydrogen-bond donors (Lipinski definition) is 2. The molecular formula is C11H14ClNO3. The van der Waals surface area contributed by atoms with Crippen LogP contribution in [0.4, 0.5) is 5.69 Å². The molecular weight excluding hydrogens is 230 g/mol. The SMILES string of the molecule is COC(=O)c1ccc(NCC(O)CCl)cc1. The Morgan fingerprint density at radius 1 is 1.50 bits per heavy atom. The molecule has 0 amide bonds. The van der Waals surface area contributed by atoms with E-state index in [4.69, 9.17) is 11.6 Å². The van der Waals surface area contributed by atoms with Gasteiger partial charge in [0.2, 0.25) is 0 Å². The highest BCUT2D eigenvalue weighted by Gasteiger charge is 2.05. The number of alkyl halides is 1. The second kappa shape index (κ2) is 6.35. The van der Waals surface area contributed by atoms with Crippen LogP contribution in [-0.4, -0.2) is 36.7 Å². The number of nitrogens with one attached hydrogen (secondary N) is 1. The van der Waals surface area contributed by atoms with Crippen molar-refractivity contribution in [2.24, 2.45) is 0 Å². The maximum Gasteiger partial charge on any atom is 0.337 e. The highest BCUT2D eigenvalue weighted by Crippen LogP contribution is 2.10. The second-order valence-corrected chi connectivity index (χ2v) is 3.57. The van der Waals surface area contributed by atoms with Gasteiger partial charge in [-0.2, -0.15) is 0 Å². The molecule has 16 heavy (non-hydrogen) atoms. The van der Waals surface area contributed by atoms with Crippen LogP contribution in [0.3, 0.4) is 0 Å². The van der Waals surface area contributed by atoms with E-state index in [2.05, 4.69) is 10.1 Å². The van der Waals surface area contributed by atoms with E-state index in [1.807, 2.05) is 0 Å². The van der Waals surface area contributed by atoms with Gasteiger partial charge in [0.15, 0.2) is 0 Å². The molecule has 0 heterocycles. The van der Waals surface area contributed by atoms with Crippen molar-refractivity contribution >= 4 is 23.3 Å². The number of esters is 1. The Morgan fingerprint density at radius 2 is 2.12 bits per heavy atom. The number of hydrogen-bond acceptors (Lipinski definition) is 4. The van der Waals surface area contributed by atoms with Gasteiger partial charge in [-0.3, -0.25) is 0 Å². The van der Waals surface area contributed by atoms with Gasteiger partial charge < -0.3 is 15.2 Å². The number of aliphatic hydroxyl groups is 1. The van der Waals surface area contributed by atoms with E-state index >= 15 is 0 Å². The molecule has 1 rings (SSSR count). The van der Waals surface area contributed by atoms with Crippen molar-refractivity contribution in [3.8, 4) is 0 Å². The summed E-state index contributed by atoms with van der Waals surface area (Å²) in [4.78, 5) is 11.1. The zero-order chi connectivity index (χ0) is 12.0. The minimum Gasteiger partial charge on any atom is -0.465 e. The summed E-state index contributed by atoms with van der Waals surface area (Å²) in [5, 5.41) is 12.2. The summed E-state index contributed by atoms with van der Waals surface area (Å²) in [6, 6.07) is 6.79. The number of benzene rings is 1. The zero-order valence-electron chi connectivity index (χ0n) is 8.94. The summed E-state index contributed by atoms with van der Waals surface area (Å²) in [5.41, 5.74) is 1.31. The van der Waals surface area contributed by atoms with Crippen LogP contribution in [0.15, 0.2) is 24.3 Å². The molecule has 0 bridgehead atoms. The minimum atomic E-state index is -0.582. The molecule has 1 aromatic rings. The molecule has 0 radical (unpaired) electrons. The molecule has 0 spiro atoms. The molecule has 1 atom stereocenters. The first kappa shape index (κ1) is 12.8. The Morgan fingerprint density at radius 3 is 2.62 bits per heavy atom. The summed E-state index contributed by atoms with van der Waals surface area (Å²) in [6.07, 6.45) is -0.582. The predicted octanol–water partition coefficient (Wildman–Crippen LogP) is 1.48. The average Bonchev–Trinajstić information content (AvgIpc) is 2.35. The Bertz CT molecular complexity index is 340. The summed E-state index contributed by atoms with van der Waals surface area (Å²) < 4.78 is 4.57. The number of carbonyl (C=O) groups is 1. The van der Waals surface area contributed by atoms with Crippen molar-refractivity contribution in [3.63, 3.8) is 0 Å². The quantitative estimate of drug-likeness (QED) is 0.608. The molecule has 5 heteroatoms. The van der Waals surface area contributed by atoms with Crippen LogP contribution in [0.25, 0.3) is 0 Å². The Hall–Kier alpha value is -1.26. The van der Waals surface area contributed by atoms with Crippen molar-refractivity contribution in [1.29, 1.82) is 0 Å². The fourth-order valence-electron chi connectivity index (χ4n) is 1.13. The van der Waals surface area contributed by atoms with E-state index in [0.29, 0.717) is 12.1 Å². The maximum absolute atomic E-state index is 11.1. The summed E-state index contributed by atoms with van der Waals surface area (Å²) >= 11 is 5.45. The number of anilines is 1. The van der Waals surface area contributed by atoms with Gasteiger partial charge in [-0.1, -0.05) is 0 Å². The largest absolute Gasteiger partial charge is 0.465 e. The van der Waals surface area contributed by atoms with Crippen molar-refractivity contribution in [2.45, 2.75) is 6.10 Å². The van der Waals surface area contributed by atoms with E-state index in [-0.39, 0.29) is 11.8 Å². The van der Waals surface area contributed by atoms with Crippen molar-refractivity contribution in [1.82, 2.24) is 0 Å². The summed E-state index contributed by atoms with van der Waals surface area (Å²) in [7, 11) is 1.34. The molecule has 1 unspecified atom stereocenters. The van der Waals surface area contributed by atoms with Gasteiger partial charge in [0.1, 0.15) is 0 Å². The van der Waals surface area contributed by atoms with E-state index < -0.39 is 6.10 Å². The van der Waals surface area contributed by atoms with Gasteiger partial charge in [0, 0.05) is 12.2 Å². The second-order valence-electron chi connectivity index (χ2n) is 3.26. The van der Waals surface area contributed by atoms with Gasteiger partial charge >= 0.3 is 5.97 Å². The Balaban J connectivity index is 2.54. The third kappa shape index (κ3) is 3.72. The van der Waals surface area contributed by atoms with Gasteiger partial charge in [-0.15, -0.1) is 11.6 Å². The number of carbonyl (C=O) groups excluding carboxylic acids is 1. The molecule has 0 aromatic heterocycles. The lowest BCUT2D eigenvalue weighted by molar-refractivity contribution is 0.0601. The Kier molecular flexibility index (Phi) is 5.08. The molecule has 2 N–H and O–H groups in total. The third-order valence-electron chi connectivity index (χ3n) is 2.03. The molecule has 0 aliphatic heterocycles. The standard InChI is InChI=1S/C11H14ClNO3/c1-16-11(15)8-2-4-9(5-3-8)13-7-10(14)6-12/h2-5,10,13-14H,6-7H2,1H3. The van der Waals surface area contributed by atoms with Crippen LogP contribution in [0.1, 0.15) is 10.4 Å². The number of methoxy groups -OCH3 is 1. The topological polar surface area (TPSA) is 58.6 Å². The third-order valence-corrected chi connectivity index (χ3v) is 2.38. The molecule has 4 nitrogen and oxygen atoms in total. The fraction of sp³-hybridized carbons (Fsp3) is 0.364.